The first-order chi connectivity index (χ1) is 14.8. The summed E-state index contributed by atoms with van der Waals surface area (Å²) in [6, 6.07) is 12.8. The third-order valence-electron chi connectivity index (χ3n) is 6.04. The number of esters is 1. The van der Waals surface area contributed by atoms with Gasteiger partial charge in [0.05, 0.1) is 16.8 Å². The van der Waals surface area contributed by atoms with E-state index in [1.165, 1.54) is 0 Å². The minimum Gasteiger partial charge on any atom is -0.456 e. The number of fused-ring (bicyclic) bond motifs is 3. The van der Waals surface area contributed by atoms with Crippen LogP contribution in [-0.4, -0.2) is 18.5 Å². The lowest BCUT2D eigenvalue weighted by atomic mass is 9.67. The van der Waals surface area contributed by atoms with Crippen LogP contribution in [0.5, 0.6) is 0 Å². The number of cyclic esters (lactones) is 1. The molecule has 154 valence electrons. The number of aryl methyl sites for hydroxylation is 2. The van der Waals surface area contributed by atoms with Gasteiger partial charge in [0, 0.05) is 22.0 Å². The number of hydrogen-bond acceptors (Lipinski definition) is 6. The maximum absolute atomic E-state index is 13.4. The maximum Gasteiger partial charge on any atom is 0.338 e. The van der Waals surface area contributed by atoms with Gasteiger partial charge in [-0.15, -0.1) is 0 Å². The van der Waals surface area contributed by atoms with Gasteiger partial charge in [-0.25, -0.2) is 4.79 Å². The Bertz CT molecular complexity index is 1320. The predicted octanol–water partition coefficient (Wildman–Crippen LogP) is 3.17. The molecule has 0 aromatic heterocycles. The Morgan fingerprint density at radius 3 is 2.71 bits per heavy atom. The Balaban J connectivity index is 1.86. The molecular formula is C23H17ClN4O3. The zero-order valence-corrected chi connectivity index (χ0v) is 17.5. The van der Waals surface area contributed by atoms with E-state index in [2.05, 4.69) is 11.4 Å². The number of nitrogens with zero attached hydrogens (tertiary/aromatic N) is 2. The molecule has 1 unspecified atom stereocenters. The molecule has 0 fully saturated rings. The number of carbonyl (C=O) groups is 2. The molecule has 31 heavy (non-hydrogen) atoms. The molecule has 3 heterocycles. The quantitative estimate of drug-likeness (QED) is 0.670. The average Bonchev–Trinajstić information content (AvgIpc) is 3.24. The van der Waals surface area contributed by atoms with Gasteiger partial charge in [0.15, 0.2) is 0 Å². The molecule has 0 bridgehead atoms. The van der Waals surface area contributed by atoms with Gasteiger partial charge >= 0.3 is 5.97 Å². The first kappa shape index (κ1) is 19.2. The van der Waals surface area contributed by atoms with Gasteiger partial charge in [-0.1, -0.05) is 35.4 Å². The van der Waals surface area contributed by atoms with E-state index < -0.39 is 17.3 Å². The molecule has 8 heteroatoms. The van der Waals surface area contributed by atoms with Crippen molar-refractivity contribution in [1.82, 2.24) is 0 Å². The van der Waals surface area contributed by atoms with Gasteiger partial charge < -0.3 is 15.8 Å². The molecule has 1 amide bonds. The molecule has 3 N–H and O–H groups in total. The Labute approximate surface area is 183 Å². The van der Waals surface area contributed by atoms with Crippen molar-refractivity contribution < 1.29 is 14.3 Å². The lowest BCUT2D eigenvalue weighted by Gasteiger charge is -2.38. The second-order valence-corrected chi connectivity index (χ2v) is 8.20. The van der Waals surface area contributed by atoms with Crippen molar-refractivity contribution in [3.8, 4) is 6.07 Å². The number of benzene rings is 2. The van der Waals surface area contributed by atoms with Crippen molar-refractivity contribution in [2.45, 2.75) is 19.3 Å². The van der Waals surface area contributed by atoms with Crippen LogP contribution < -0.4 is 16.0 Å². The third-order valence-corrected chi connectivity index (χ3v) is 6.45. The van der Waals surface area contributed by atoms with Crippen LogP contribution in [0.4, 0.5) is 11.4 Å². The largest absolute Gasteiger partial charge is 0.456 e. The number of hydrogen-bond donors (Lipinski definition) is 2. The fraction of sp³-hybridized carbons (Fsp3) is 0.174. The topological polar surface area (TPSA) is 108 Å². The molecule has 3 aliphatic rings. The van der Waals surface area contributed by atoms with E-state index in [4.69, 9.17) is 22.1 Å². The number of ether oxygens (including phenoxy) is 1. The Morgan fingerprint density at radius 1 is 1.23 bits per heavy atom. The molecular weight excluding hydrogens is 416 g/mol. The molecule has 2 aromatic carbocycles. The minimum atomic E-state index is -1.66. The van der Waals surface area contributed by atoms with Crippen molar-refractivity contribution in [3.63, 3.8) is 0 Å². The van der Waals surface area contributed by atoms with Crippen LogP contribution >= 0.6 is 11.6 Å². The van der Waals surface area contributed by atoms with Crippen LogP contribution in [0.15, 0.2) is 59.1 Å². The monoisotopic (exact) mass is 432 g/mol. The molecule has 0 saturated heterocycles. The number of nitriles is 1. The first-order valence-corrected chi connectivity index (χ1v) is 9.98. The SMILES string of the molecule is Cc1ccc2c(c1)C1(C(=O)N2)C(C#N)=C(N)N(c2ccc(C)c(Cl)c2)C2=C1C(=O)OC2. The number of anilines is 2. The van der Waals surface area contributed by atoms with E-state index in [0.717, 1.165) is 11.1 Å². The van der Waals surface area contributed by atoms with Gasteiger partial charge in [0.2, 0.25) is 5.91 Å². The van der Waals surface area contributed by atoms with Crippen molar-refractivity contribution in [1.29, 1.82) is 5.26 Å². The molecule has 1 spiro atoms. The third kappa shape index (κ3) is 2.34. The molecule has 0 saturated carbocycles. The lowest BCUT2D eigenvalue weighted by molar-refractivity contribution is -0.137. The van der Waals surface area contributed by atoms with Crippen LogP contribution in [-0.2, 0) is 19.7 Å². The molecule has 7 nitrogen and oxygen atoms in total. The predicted molar refractivity (Wildman–Crippen MR) is 115 cm³/mol. The van der Waals surface area contributed by atoms with Gasteiger partial charge in [-0.2, -0.15) is 5.26 Å². The van der Waals surface area contributed by atoms with Crippen molar-refractivity contribution >= 4 is 34.9 Å². The van der Waals surface area contributed by atoms with Crippen molar-refractivity contribution in [2.24, 2.45) is 5.73 Å². The number of nitrogens with two attached hydrogens (primary N) is 1. The van der Waals surface area contributed by atoms with Crippen LogP contribution in [0.25, 0.3) is 0 Å². The number of amides is 1. The molecule has 0 aliphatic carbocycles. The van der Waals surface area contributed by atoms with Gasteiger partial charge in [0.1, 0.15) is 23.9 Å². The van der Waals surface area contributed by atoms with E-state index in [-0.39, 0.29) is 23.6 Å². The highest BCUT2D eigenvalue weighted by Crippen LogP contribution is 2.54. The minimum absolute atomic E-state index is 0.0244. The molecule has 5 rings (SSSR count). The number of halogens is 1. The molecule has 1 atom stereocenters. The number of carbonyl (C=O) groups excluding carboxylic acids is 2. The summed E-state index contributed by atoms with van der Waals surface area (Å²) in [7, 11) is 0. The van der Waals surface area contributed by atoms with Crippen LogP contribution in [0.1, 0.15) is 16.7 Å². The van der Waals surface area contributed by atoms with E-state index in [9.17, 15) is 14.9 Å². The summed E-state index contributed by atoms with van der Waals surface area (Å²) in [4.78, 5) is 28.0. The van der Waals surface area contributed by atoms with E-state index >= 15 is 0 Å². The summed E-state index contributed by atoms with van der Waals surface area (Å²) >= 11 is 6.32. The van der Waals surface area contributed by atoms with E-state index in [1.807, 2.05) is 26.0 Å². The van der Waals surface area contributed by atoms with Gasteiger partial charge in [0.25, 0.3) is 0 Å². The van der Waals surface area contributed by atoms with Gasteiger partial charge in [-0.05, 0) is 37.6 Å². The maximum atomic E-state index is 13.4. The summed E-state index contributed by atoms with van der Waals surface area (Å²) in [6.07, 6.45) is 0. The van der Waals surface area contributed by atoms with E-state index in [1.54, 1.807) is 29.2 Å². The highest BCUT2D eigenvalue weighted by Gasteiger charge is 2.62. The zero-order chi connectivity index (χ0) is 22.1. The normalized spacial score (nSPS) is 21.8. The average molecular weight is 433 g/mol. The Hall–Kier alpha value is -3.76. The van der Waals surface area contributed by atoms with E-state index in [0.29, 0.717) is 27.7 Å². The number of rotatable bonds is 1. The fourth-order valence-electron chi connectivity index (χ4n) is 4.59. The van der Waals surface area contributed by atoms with Gasteiger partial charge in [-0.3, -0.25) is 9.69 Å². The molecule has 3 aliphatic heterocycles. The summed E-state index contributed by atoms with van der Waals surface area (Å²) in [6.45, 7) is 3.67. The molecule has 2 aromatic rings. The Morgan fingerprint density at radius 2 is 2.00 bits per heavy atom. The van der Waals surface area contributed by atoms with Crippen LogP contribution in [0, 0.1) is 25.2 Å². The summed E-state index contributed by atoms with van der Waals surface area (Å²) < 4.78 is 5.37. The van der Waals surface area contributed by atoms with Crippen molar-refractivity contribution in [2.75, 3.05) is 16.8 Å². The second-order valence-electron chi connectivity index (χ2n) is 7.79. The summed E-state index contributed by atoms with van der Waals surface area (Å²) in [5.74, 6) is -1.09. The molecule has 0 radical (unpaired) electrons. The number of nitrogens with one attached hydrogen (secondary N) is 1. The first-order valence-electron chi connectivity index (χ1n) is 9.60. The van der Waals surface area contributed by atoms with Crippen molar-refractivity contribution in [3.05, 3.63) is 80.8 Å². The second kappa shape index (κ2) is 6.37. The lowest BCUT2D eigenvalue weighted by Crippen LogP contribution is -2.48. The summed E-state index contributed by atoms with van der Waals surface area (Å²) in [5, 5.41) is 13.5. The smallest absolute Gasteiger partial charge is 0.338 e. The standard InChI is InChI=1S/C23H17ClN4O3/c1-11-3-6-17-14(7-11)23(22(30)27-17)15(9-25)20(26)28(18-10-31-21(29)19(18)23)13-5-4-12(2)16(24)8-13/h3-8H,10,26H2,1-2H3,(H,27,30). The Kier molecular flexibility index (Phi) is 3.95. The summed E-state index contributed by atoms with van der Waals surface area (Å²) in [5.41, 5.74) is 8.75. The van der Waals surface area contributed by atoms with Crippen LogP contribution in [0.2, 0.25) is 5.02 Å². The highest BCUT2D eigenvalue weighted by atomic mass is 35.5. The highest BCUT2D eigenvalue weighted by molar-refractivity contribution is 6.31. The zero-order valence-electron chi connectivity index (χ0n) is 16.7. The van der Waals surface area contributed by atoms with Crippen LogP contribution in [0.3, 0.4) is 0 Å². The fourth-order valence-corrected chi connectivity index (χ4v) is 4.76.